The summed E-state index contributed by atoms with van der Waals surface area (Å²) >= 11 is 0. The summed E-state index contributed by atoms with van der Waals surface area (Å²) in [7, 11) is 0. The Hall–Kier alpha value is -2.04. The van der Waals surface area contributed by atoms with E-state index in [1.807, 2.05) is 6.92 Å². The topological polar surface area (TPSA) is 77.8 Å². The summed E-state index contributed by atoms with van der Waals surface area (Å²) in [6.45, 7) is 5.31. The number of aromatic carboxylic acids is 2. The quantitative estimate of drug-likeness (QED) is 0.872. The molecule has 0 radical (unpaired) electrons. The van der Waals surface area contributed by atoms with E-state index in [9.17, 15) is 19.8 Å². The third-order valence-electron chi connectivity index (χ3n) is 4.31. The van der Waals surface area contributed by atoms with Crippen molar-refractivity contribution in [1.82, 2.24) is 0 Å². The molecule has 1 heterocycles. The molecule has 5 heteroatoms. The number of benzene rings is 1. The van der Waals surface area contributed by atoms with Crippen molar-refractivity contribution in [1.29, 1.82) is 0 Å². The molecule has 5 nitrogen and oxygen atoms in total. The zero-order valence-corrected chi connectivity index (χ0v) is 13.2. The highest BCUT2D eigenvalue weighted by Gasteiger charge is 2.25. The lowest BCUT2D eigenvalue weighted by Crippen LogP contribution is -2.31. The predicted molar refractivity (Wildman–Crippen MR) is 85.2 cm³/mol. The molecular formula is C17H23NO4. The van der Waals surface area contributed by atoms with Crippen LogP contribution in [0.2, 0.25) is 0 Å². The van der Waals surface area contributed by atoms with E-state index >= 15 is 0 Å². The summed E-state index contributed by atoms with van der Waals surface area (Å²) in [5.41, 5.74) is 2.19. The SMILES string of the molecule is CCCc1c(N2CCCCC2)cc(C(=O)O)c(C)c1C(=O)O. The molecule has 0 aliphatic carbocycles. The Morgan fingerprint density at radius 2 is 1.77 bits per heavy atom. The molecule has 0 amide bonds. The Kier molecular flexibility index (Phi) is 5.06. The fourth-order valence-electron chi connectivity index (χ4n) is 3.25. The van der Waals surface area contributed by atoms with Crippen molar-refractivity contribution in [2.24, 2.45) is 0 Å². The van der Waals surface area contributed by atoms with Gasteiger partial charge in [-0.25, -0.2) is 9.59 Å². The van der Waals surface area contributed by atoms with Crippen LogP contribution in [0.1, 0.15) is 64.4 Å². The van der Waals surface area contributed by atoms with Crippen LogP contribution in [0.15, 0.2) is 6.07 Å². The number of piperidine rings is 1. The molecular weight excluding hydrogens is 282 g/mol. The molecule has 1 aliphatic rings. The van der Waals surface area contributed by atoms with E-state index in [1.165, 1.54) is 6.42 Å². The lowest BCUT2D eigenvalue weighted by molar-refractivity contribution is 0.0695. The van der Waals surface area contributed by atoms with Gasteiger partial charge in [0.25, 0.3) is 0 Å². The van der Waals surface area contributed by atoms with Crippen molar-refractivity contribution in [3.05, 3.63) is 28.3 Å². The molecule has 0 spiro atoms. The predicted octanol–water partition coefficient (Wildman–Crippen LogP) is 3.33. The first-order chi connectivity index (χ1) is 10.5. The van der Waals surface area contributed by atoms with Gasteiger partial charge >= 0.3 is 11.9 Å². The zero-order valence-electron chi connectivity index (χ0n) is 13.2. The average molecular weight is 305 g/mol. The molecule has 0 aromatic heterocycles. The second-order valence-corrected chi connectivity index (χ2v) is 5.83. The summed E-state index contributed by atoms with van der Waals surface area (Å²) in [4.78, 5) is 25.4. The number of hydrogen-bond donors (Lipinski definition) is 2. The largest absolute Gasteiger partial charge is 0.478 e. The Bertz CT molecular complexity index is 589. The van der Waals surface area contributed by atoms with Crippen LogP contribution in [0.25, 0.3) is 0 Å². The van der Waals surface area contributed by atoms with Crippen molar-refractivity contribution in [2.45, 2.75) is 46.0 Å². The third kappa shape index (κ3) is 3.08. The van der Waals surface area contributed by atoms with Gasteiger partial charge in [-0.05, 0) is 49.8 Å². The molecule has 0 atom stereocenters. The van der Waals surface area contributed by atoms with Gasteiger partial charge in [-0.15, -0.1) is 0 Å². The molecule has 2 rings (SSSR count). The smallest absolute Gasteiger partial charge is 0.336 e. The van der Waals surface area contributed by atoms with Gasteiger partial charge in [-0.1, -0.05) is 13.3 Å². The molecule has 1 aromatic carbocycles. The van der Waals surface area contributed by atoms with Crippen molar-refractivity contribution in [3.8, 4) is 0 Å². The molecule has 120 valence electrons. The van der Waals surface area contributed by atoms with Crippen LogP contribution in [0, 0.1) is 6.92 Å². The number of carbonyl (C=O) groups is 2. The van der Waals surface area contributed by atoms with E-state index < -0.39 is 11.9 Å². The van der Waals surface area contributed by atoms with Crippen LogP contribution in [0.4, 0.5) is 5.69 Å². The van der Waals surface area contributed by atoms with Gasteiger partial charge in [0.1, 0.15) is 0 Å². The monoisotopic (exact) mass is 305 g/mol. The summed E-state index contributed by atoms with van der Waals surface area (Å²) < 4.78 is 0. The maximum atomic E-state index is 11.7. The molecule has 1 saturated heterocycles. The van der Waals surface area contributed by atoms with E-state index in [1.54, 1.807) is 13.0 Å². The number of anilines is 1. The minimum atomic E-state index is -1.07. The first-order valence-electron chi connectivity index (χ1n) is 7.85. The second-order valence-electron chi connectivity index (χ2n) is 5.83. The molecule has 0 unspecified atom stereocenters. The van der Waals surface area contributed by atoms with E-state index in [0.717, 1.165) is 43.6 Å². The molecule has 2 N–H and O–H groups in total. The number of rotatable bonds is 5. The number of carboxylic acid groups (broad SMARTS) is 2. The van der Waals surface area contributed by atoms with Gasteiger partial charge in [0.2, 0.25) is 0 Å². The van der Waals surface area contributed by atoms with Gasteiger partial charge in [-0.3, -0.25) is 0 Å². The lowest BCUT2D eigenvalue weighted by Gasteiger charge is -2.32. The van der Waals surface area contributed by atoms with Crippen molar-refractivity contribution >= 4 is 17.6 Å². The van der Waals surface area contributed by atoms with Crippen LogP contribution in [-0.2, 0) is 6.42 Å². The normalized spacial score (nSPS) is 14.9. The minimum absolute atomic E-state index is 0.0952. The van der Waals surface area contributed by atoms with Gasteiger partial charge < -0.3 is 15.1 Å². The van der Waals surface area contributed by atoms with E-state index in [-0.39, 0.29) is 11.1 Å². The maximum absolute atomic E-state index is 11.7. The summed E-state index contributed by atoms with van der Waals surface area (Å²) in [5, 5.41) is 19.0. The van der Waals surface area contributed by atoms with Crippen LogP contribution < -0.4 is 4.90 Å². The Balaban J connectivity index is 2.67. The van der Waals surface area contributed by atoms with Crippen molar-refractivity contribution in [2.75, 3.05) is 18.0 Å². The highest BCUT2D eigenvalue weighted by atomic mass is 16.4. The maximum Gasteiger partial charge on any atom is 0.336 e. The van der Waals surface area contributed by atoms with Crippen LogP contribution in [0.3, 0.4) is 0 Å². The van der Waals surface area contributed by atoms with E-state index in [0.29, 0.717) is 12.0 Å². The number of hydrogen-bond acceptors (Lipinski definition) is 3. The first kappa shape index (κ1) is 16.3. The van der Waals surface area contributed by atoms with E-state index in [4.69, 9.17) is 0 Å². The number of nitrogens with zero attached hydrogens (tertiary/aromatic N) is 1. The lowest BCUT2D eigenvalue weighted by atomic mass is 9.91. The zero-order chi connectivity index (χ0) is 16.3. The second kappa shape index (κ2) is 6.81. The summed E-state index contributed by atoms with van der Waals surface area (Å²) in [6.07, 6.45) is 4.76. The van der Waals surface area contributed by atoms with Crippen molar-refractivity contribution < 1.29 is 19.8 Å². The Labute approximate surface area is 130 Å². The van der Waals surface area contributed by atoms with Crippen LogP contribution in [-0.4, -0.2) is 35.2 Å². The molecule has 22 heavy (non-hydrogen) atoms. The summed E-state index contributed by atoms with van der Waals surface area (Å²) in [5.74, 6) is -2.11. The highest BCUT2D eigenvalue weighted by Crippen LogP contribution is 2.32. The van der Waals surface area contributed by atoms with Crippen LogP contribution in [0.5, 0.6) is 0 Å². The van der Waals surface area contributed by atoms with Gasteiger partial charge in [0, 0.05) is 18.8 Å². The van der Waals surface area contributed by atoms with Gasteiger partial charge in [0.05, 0.1) is 11.1 Å². The molecule has 1 aliphatic heterocycles. The van der Waals surface area contributed by atoms with Gasteiger partial charge in [0.15, 0.2) is 0 Å². The fourth-order valence-corrected chi connectivity index (χ4v) is 3.25. The molecule has 0 saturated carbocycles. The Morgan fingerprint density at radius 1 is 1.14 bits per heavy atom. The standard InChI is InChI=1S/C17H23NO4/c1-3-7-12-14(18-8-5-4-6-9-18)10-13(16(19)20)11(2)15(12)17(21)22/h10H,3-9H2,1-2H3,(H,19,20)(H,21,22). The molecule has 1 fully saturated rings. The minimum Gasteiger partial charge on any atom is -0.478 e. The summed E-state index contributed by atoms with van der Waals surface area (Å²) in [6, 6.07) is 1.67. The third-order valence-corrected chi connectivity index (χ3v) is 4.31. The molecule has 0 bridgehead atoms. The number of carboxylic acids is 2. The van der Waals surface area contributed by atoms with Crippen LogP contribution >= 0.6 is 0 Å². The van der Waals surface area contributed by atoms with Gasteiger partial charge in [-0.2, -0.15) is 0 Å². The fraction of sp³-hybridized carbons (Fsp3) is 0.529. The molecule has 1 aromatic rings. The average Bonchev–Trinajstić information content (AvgIpc) is 2.48. The highest BCUT2D eigenvalue weighted by molar-refractivity contribution is 6.00. The van der Waals surface area contributed by atoms with Crippen molar-refractivity contribution in [3.63, 3.8) is 0 Å². The Morgan fingerprint density at radius 3 is 2.27 bits per heavy atom. The first-order valence-corrected chi connectivity index (χ1v) is 7.85. The van der Waals surface area contributed by atoms with E-state index in [2.05, 4.69) is 4.90 Å².